The highest BCUT2D eigenvalue weighted by Gasteiger charge is 2.27. The molecule has 1 aromatic heterocycles. The quantitative estimate of drug-likeness (QED) is 0.882. The van der Waals surface area contributed by atoms with Gasteiger partial charge in [-0.1, -0.05) is 19.4 Å². The minimum absolute atomic E-state index is 0. The third kappa shape index (κ3) is 4.08. The van der Waals surface area contributed by atoms with Gasteiger partial charge in [0.15, 0.2) is 0 Å². The summed E-state index contributed by atoms with van der Waals surface area (Å²) in [6.45, 7) is 5.72. The van der Waals surface area contributed by atoms with Gasteiger partial charge < -0.3 is 15.5 Å². The van der Waals surface area contributed by atoms with Gasteiger partial charge in [0, 0.05) is 11.3 Å². The van der Waals surface area contributed by atoms with Gasteiger partial charge in [-0.05, 0) is 38.0 Å². The largest absolute Gasteiger partial charge is 0.445 e. The first-order valence-corrected chi connectivity index (χ1v) is 7.05. The van der Waals surface area contributed by atoms with Crippen LogP contribution in [0, 0.1) is 6.92 Å². The molecule has 1 atom stereocenters. The van der Waals surface area contributed by atoms with Crippen LogP contribution in [0.4, 0.5) is 5.69 Å². The van der Waals surface area contributed by atoms with Gasteiger partial charge in [0.05, 0.1) is 11.7 Å². The van der Waals surface area contributed by atoms with E-state index in [1.54, 1.807) is 13.1 Å². The van der Waals surface area contributed by atoms with Gasteiger partial charge in [-0.15, -0.1) is 12.4 Å². The van der Waals surface area contributed by atoms with E-state index < -0.39 is 5.54 Å². The van der Waals surface area contributed by atoms with Crippen LogP contribution >= 0.6 is 12.4 Å². The SMILES string of the molecule is CCCC(C)(N)C(=O)Nc1ccc(C)c(-c2ncco2)c1.Cl. The Hall–Kier alpha value is -1.85. The average molecular weight is 324 g/mol. The van der Waals surface area contributed by atoms with Gasteiger partial charge in [-0.2, -0.15) is 0 Å². The summed E-state index contributed by atoms with van der Waals surface area (Å²) in [5, 5.41) is 2.86. The number of oxazole rings is 1. The first kappa shape index (κ1) is 18.2. The van der Waals surface area contributed by atoms with Crippen molar-refractivity contribution in [1.29, 1.82) is 0 Å². The molecule has 0 aliphatic heterocycles. The Kier molecular flexibility index (Phi) is 6.14. The lowest BCUT2D eigenvalue weighted by molar-refractivity contribution is -0.120. The Morgan fingerprint density at radius 2 is 2.18 bits per heavy atom. The number of nitrogens with two attached hydrogens (primary N) is 1. The molecule has 0 aliphatic rings. The first-order chi connectivity index (χ1) is 9.94. The number of carbonyl (C=O) groups excluding carboxylic acids is 1. The summed E-state index contributed by atoms with van der Waals surface area (Å²) in [4.78, 5) is 16.4. The molecule has 0 fully saturated rings. The van der Waals surface area contributed by atoms with Crippen LogP contribution < -0.4 is 11.1 Å². The van der Waals surface area contributed by atoms with Gasteiger partial charge >= 0.3 is 0 Å². The molecule has 2 aromatic rings. The number of rotatable bonds is 5. The molecular weight excluding hydrogens is 302 g/mol. The summed E-state index contributed by atoms with van der Waals surface area (Å²) in [5.74, 6) is 0.347. The van der Waals surface area contributed by atoms with E-state index in [1.165, 1.54) is 6.26 Å². The lowest BCUT2D eigenvalue weighted by Gasteiger charge is -2.23. The van der Waals surface area contributed by atoms with Crippen molar-refractivity contribution in [2.45, 2.75) is 39.2 Å². The molecule has 3 N–H and O–H groups in total. The number of aromatic nitrogens is 1. The van der Waals surface area contributed by atoms with Crippen molar-refractivity contribution < 1.29 is 9.21 Å². The number of hydrogen-bond donors (Lipinski definition) is 2. The maximum atomic E-state index is 12.2. The van der Waals surface area contributed by atoms with Crippen LogP contribution in [-0.2, 0) is 4.79 Å². The number of halogens is 1. The Morgan fingerprint density at radius 3 is 2.77 bits per heavy atom. The molecule has 22 heavy (non-hydrogen) atoms. The monoisotopic (exact) mass is 323 g/mol. The van der Waals surface area contributed by atoms with E-state index in [4.69, 9.17) is 10.2 Å². The van der Waals surface area contributed by atoms with Crippen molar-refractivity contribution in [3.63, 3.8) is 0 Å². The molecule has 5 nitrogen and oxygen atoms in total. The van der Waals surface area contributed by atoms with Crippen molar-refractivity contribution in [1.82, 2.24) is 4.98 Å². The fourth-order valence-electron chi connectivity index (χ4n) is 2.19. The minimum atomic E-state index is -0.872. The number of amides is 1. The van der Waals surface area contributed by atoms with Gasteiger partial charge in [-0.25, -0.2) is 4.98 Å². The minimum Gasteiger partial charge on any atom is -0.445 e. The van der Waals surface area contributed by atoms with E-state index in [9.17, 15) is 4.79 Å². The number of hydrogen-bond acceptors (Lipinski definition) is 4. The number of carbonyl (C=O) groups is 1. The van der Waals surface area contributed by atoms with Crippen molar-refractivity contribution >= 4 is 24.0 Å². The maximum absolute atomic E-state index is 12.2. The van der Waals surface area contributed by atoms with Crippen LogP contribution in [0.3, 0.4) is 0 Å². The normalized spacial score (nSPS) is 13.1. The van der Waals surface area contributed by atoms with Crippen LogP contribution in [0.2, 0.25) is 0 Å². The van der Waals surface area contributed by atoms with Gasteiger partial charge in [-0.3, -0.25) is 4.79 Å². The molecule has 0 spiro atoms. The van der Waals surface area contributed by atoms with Crippen LogP contribution in [0.5, 0.6) is 0 Å². The molecule has 0 saturated carbocycles. The van der Waals surface area contributed by atoms with E-state index >= 15 is 0 Å². The first-order valence-electron chi connectivity index (χ1n) is 7.05. The molecule has 1 aromatic carbocycles. The third-order valence-electron chi connectivity index (χ3n) is 3.45. The van der Waals surface area contributed by atoms with E-state index in [0.717, 1.165) is 17.5 Å². The summed E-state index contributed by atoms with van der Waals surface area (Å²) in [5.41, 5.74) is 7.73. The Bertz CT molecular complexity index is 624. The smallest absolute Gasteiger partial charge is 0.244 e. The summed E-state index contributed by atoms with van der Waals surface area (Å²) in [7, 11) is 0. The summed E-state index contributed by atoms with van der Waals surface area (Å²) < 4.78 is 5.32. The van der Waals surface area contributed by atoms with Crippen molar-refractivity contribution in [3.05, 3.63) is 36.2 Å². The predicted molar refractivity (Wildman–Crippen MR) is 90.1 cm³/mol. The van der Waals surface area contributed by atoms with Crippen LogP contribution in [0.25, 0.3) is 11.5 Å². The van der Waals surface area contributed by atoms with Crippen molar-refractivity contribution in [3.8, 4) is 11.5 Å². The van der Waals surface area contributed by atoms with E-state index in [-0.39, 0.29) is 18.3 Å². The molecule has 120 valence electrons. The van der Waals surface area contributed by atoms with Crippen LogP contribution in [0.15, 0.2) is 35.1 Å². The summed E-state index contributed by atoms with van der Waals surface area (Å²) in [6.07, 6.45) is 4.61. The zero-order valence-electron chi connectivity index (χ0n) is 13.1. The number of nitrogens with zero attached hydrogens (tertiary/aromatic N) is 1. The number of anilines is 1. The lowest BCUT2D eigenvalue weighted by atomic mass is 9.96. The predicted octanol–water partition coefficient (Wildman–Crippen LogP) is 3.53. The number of aryl methyl sites for hydroxylation is 1. The van der Waals surface area contributed by atoms with Gasteiger partial charge in [0.25, 0.3) is 0 Å². The van der Waals surface area contributed by atoms with Gasteiger partial charge in [0.1, 0.15) is 6.26 Å². The highest BCUT2D eigenvalue weighted by atomic mass is 35.5. The molecule has 1 unspecified atom stereocenters. The van der Waals surface area contributed by atoms with E-state index in [0.29, 0.717) is 18.0 Å². The summed E-state index contributed by atoms with van der Waals surface area (Å²) >= 11 is 0. The van der Waals surface area contributed by atoms with Gasteiger partial charge in [0.2, 0.25) is 11.8 Å². The topological polar surface area (TPSA) is 81.2 Å². The Balaban J connectivity index is 0.00000242. The standard InChI is InChI=1S/C16H21N3O2.ClH/c1-4-7-16(3,17)15(20)19-12-6-5-11(2)13(10-12)14-18-8-9-21-14;/h5-6,8-10H,4,7,17H2,1-3H3,(H,19,20);1H. The van der Waals surface area contributed by atoms with Crippen LogP contribution in [-0.4, -0.2) is 16.4 Å². The Morgan fingerprint density at radius 1 is 1.45 bits per heavy atom. The van der Waals surface area contributed by atoms with Crippen molar-refractivity contribution in [2.75, 3.05) is 5.32 Å². The number of benzene rings is 1. The lowest BCUT2D eigenvalue weighted by Crippen LogP contribution is -2.48. The zero-order chi connectivity index (χ0) is 15.5. The van der Waals surface area contributed by atoms with Crippen LogP contribution in [0.1, 0.15) is 32.3 Å². The zero-order valence-corrected chi connectivity index (χ0v) is 13.9. The molecule has 0 saturated heterocycles. The maximum Gasteiger partial charge on any atom is 0.244 e. The second kappa shape index (κ2) is 7.42. The average Bonchev–Trinajstić information content (AvgIpc) is 2.94. The van der Waals surface area contributed by atoms with Crippen molar-refractivity contribution in [2.24, 2.45) is 5.73 Å². The number of nitrogens with one attached hydrogen (secondary N) is 1. The highest BCUT2D eigenvalue weighted by molar-refractivity contribution is 5.98. The molecule has 1 amide bonds. The molecule has 6 heteroatoms. The third-order valence-corrected chi connectivity index (χ3v) is 3.45. The second-order valence-corrected chi connectivity index (χ2v) is 5.49. The highest BCUT2D eigenvalue weighted by Crippen LogP contribution is 2.25. The summed E-state index contributed by atoms with van der Waals surface area (Å²) in [6, 6.07) is 5.62. The molecule has 0 aliphatic carbocycles. The molecule has 0 radical (unpaired) electrons. The second-order valence-electron chi connectivity index (χ2n) is 5.49. The van der Waals surface area contributed by atoms with E-state index in [2.05, 4.69) is 10.3 Å². The molecule has 1 heterocycles. The fourth-order valence-corrected chi connectivity index (χ4v) is 2.19. The Labute approximate surface area is 136 Å². The molecule has 0 bridgehead atoms. The molecule has 2 rings (SSSR count). The molecular formula is C16H22ClN3O2. The van der Waals surface area contributed by atoms with E-state index in [1.807, 2.05) is 32.0 Å². The fraction of sp³-hybridized carbons (Fsp3) is 0.375.